The van der Waals surface area contributed by atoms with Crippen LogP contribution in [-0.4, -0.2) is 67.9 Å². The summed E-state index contributed by atoms with van der Waals surface area (Å²) in [6, 6.07) is 6.80. The number of ether oxygens (including phenoxy) is 3. The van der Waals surface area contributed by atoms with Crippen LogP contribution in [0.1, 0.15) is 38.3 Å². The van der Waals surface area contributed by atoms with E-state index in [4.69, 9.17) is 14.2 Å². The summed E-state index contributed by atoms with van der Waals surface area (Å²) in [5.41, 5.74) is 1.24. The minimum Gasteiger partial charge on any atom is -0.467 e. The molecular formula is C22H32N2O6. The molecule has 8 nitrogen and oxygen atoms in total. The van der Waals surface area contributed by atoms with E-state index in [1.54, 1.807) is 20.8 Å². The highest BCUT2D eigenvalue weighted by Crippen LogP contribution is 2.12. The number of hydrogen-bond donors (Lipinski definition) is 1. The number of nitrogens with zero attached hydrogens (tertiary/aromatic N) is 1. The Kier molecular flexibility index (Phi) is 8.65. The van der Waals surface area contributed by atoms with E-state index in [0.29, 0.717) is 39.1 Å². The molecule has 1 saturated heterocycles. The second kappa shape index (κ2) is 11.0. The molecule has 166 valence electrons. The third-order valence-corrected chi connectivity index (χ3v) is 4.63. The van der Waals surface area contributed by atoms with Crippen LogP contribution in [0.2, 0.25) is 0 Å². The van der Waals surface area contributed by atoms with Crippen molar-refractivity contribution in [3.63, 3.8) is 0 Å². The number of rotatable bonds is 7. The summed E-state index contributed by atoms with van der Waals surface area (Å²) < 4.78 is 15.3. The van der Waals surface area contributed by atoms with Crippen molar-refractivity contribution in [2.45, 2.75) is 51.7 Å². The highest BCUT2D eigenvalue weighted by molar-refractivity contribution is 5.81. The molecule has 0 aliphatic carbocycles. The van der Waals surface area contributed by atoms with Crippen LogP contribution in [0.3, 0.4) is 0 Å². The van der Waals surface area contributed by atoms with Crippen molar-refractivity contribution in [1.82, 2.24) is 10.2 Å². The number of amides is 2. The summed E-state index contributed by atoms with van der Waals surface area (Å²) in [6.07, 6.45) is 0.701. The molecule has 0 unspecified atom stereocenters. The summed E-state index contributed by atoms with van der Waals surface area (Å²) in [5.74, 6) is -0.407. The zero-order valence-electron chi connectivity index (χ0n) is 18.2. The van der Waals surface area contributed by atoms with Gasteiger partial charge in [0.2, 0.25) is 5.91 Å². The Hall–Kier alpha value is -2.61. The summed E-state index contributed by atoms with van der Waals surface area (Å²) in [4.78, 5) is 38.2. The van der Waals surface area contributed by atoms with Crippen molar-refractivity contribution in [2.75, 3.05) is 33.4 Å². The van der Waals surface area contributed by atoms with Gasteiger partial charge in [-0.2, -0.15) is 0 Å². The topological polar surface area (TPSA) is 94.2 Å². The molecule has 2 amide bonds. The number of aryl methyl sites for hydroxylation is 1. The van der Waals surface area contributed by atoms with Crippen LogP contribution in [0.5, 0.6) is 0 Å². The average molecular weight is 421 g/mol. The van der Waals surface area contributed by atoms with E-state index >= 15 is 0 Å². The Morgan fingerprint density at radius 1 is 1.10 bits per heavy atom. The molecule has 1 aromatic carbocycles. The summed E-state index contributed by atoms with van der Waals surface area (Å²) in [7, 11) is 1.28. The van der Waals surface area contributed by atoms with Crippen LogP contribution in [0, 0.1) is 0 Å². The Labute approximate surface area is 177 Å². The molecule has 1 aliphatic rings. The molecule has 0 aromatic heterocycles. The molecule has 0 radical (unpaired) electrons. The zero-order chi connectivity index (χ0) is 22.1. The lowest BCUT2D eigenvalue weighted by molar-refractivity contribution is -0.143. The summed E-state index contributed by atoms with van der Waals surface area (Å²) in [5, 5.41) is 2.57. The van der Waals surface area contributed by atoms with Gasteiger partial charge in [0.05, 0.1) is 20.3 Å². The van der Waals surface area contributed by atoms with Crippen molar-refractivity contribution >= 4 is 18.0 Å². The lowest BCUT2D eigenvalue weighted by Crippen LogP contribution is -2.45. The third kappa shape index (κ3) is 8.02. The van der Waals surface area contributed by atoms with Crippen molar-refractivity contribution in [3.8, 4) is 0 Å². The van der Waals surface area contributed by atoms with Crippen molar-refractivity contribution in [2.24, 2.45) is 0 Å². The molecule has 1 aliphatic heterocycles. The normalized spacial score (nSPS) is 15.3. The minimum atomic E-state index is -0.849. The number of hydrogen-bond acceptors (Lipinski definition) is 6. The number of alkyl carbamates (subject to hydrolysis) is 1. The molecule has 8 heteroatoms. The van der Waals surface area contributed by atoms with Gasteiger partial charge >= 0.3 is 12.1 Å². The number of methoxy groups -OCH3 is 1. The predicted molar refractivity (Wildman–Crippen MR) is 111 cm³/mol. The van der Waals surface area contributed by atoms with Crippen molar-refractivity contribution in [1.29, 1.82) is 0 Å². The van der Waals surface area contributed by atoms with Gasteiger partial charge in [0.15, 0.2) is 0 Å². The lowest BCUT2D eigenvalue weighted by atomic mass is 10.0. The lowest BCUT2D eigenvalue weighted by Gasteiger charge is -2.26. The van der Waals surface area contributed by atoms with E-state index in [1.165, 1.54) is 7.11 Å². The summed E-state index contributed by atoms with van der Waals surface area (Å²) >= 11 is 0. The molecule has 2 rings (SSSR count). The van der Waals surface area contributed by atoms with E-state index < -0.39 is 23.7 Å². The molecule has 1 N–H and O–H groups in total. The van der Waals surface area contributed by atoms with Gasteiger partial charge in [-0.3, -0.25) is 4.79 Å². The Bertz CT molecular complexity index is 720. The van der Waals surface area contributed by atoms with Crippen LogP contribution in [0.4, 0.5) is 4.79 Å². The van der Waals surface area contributed by atoms with E-state index in [1.807, 2.05) is 29.2 Å². The Morgan fingerprint density at radius 3 is 2.27 bits per heavy atom. The van der Waals surface area contributed by atoms with Crippen LogP contribution >= 0.6 is 0 Å². The average Bonchev–Trinajstić information content (AvgIpc) is 2.71. The maximum absolute atomic E-state index is 12.3. The monoisotopic (exact) mass is 420 g/mol. The van der Waals surface area contributed by atoms with E-state index in [9.17, 15) is 14.4 Å². The van der Waals surface area contributed by atoms with Gasteiger partial charge in [-0.15, -0.1) is 0 Å². The van der Waals surface area contributed by atoms with E-state index in [-0.39, 0.29) is 12.3 Å². The molecule has 0 saturated carbocycles. The second-order valence-corrected chi connectivity index (χ2v) is 8.24. The minimum absolute atomic E-state index is 0.134. The van der Waals surface area contributed by atoms with E-state index in [2.05, 4.69) is 5.32 Å². The first-order chi connectivity index (χ1) is 14.2. The van der Waals surface area contributed by atoms with Crippen LogP contribution in [0.15, 0.2) is 24.3 Å². The van der Waals surface area contributed by atoms with Gasteiger partial charge in [0.1, 0.15) is 11.6 Å². The molecular weight excluding hydrogens is 388 g/mol. The van der Waals surface area contributed by atoms with Gasteiger partial charge in [-0.1, -0.05) is 24.3 Å². The number of benzene rings is 1. The third-order valence-electron chi connectivity index (χ3n) is 4.63. The Balaban J connectivity index is 1.90. The van der Waals surface area contributed by atoms with Crippen molar-refractivity contribution < 1.29 is 28.6 Å². The molecule has 30 heavy (non-hydrogen) atoms. The second-order valence-electron chi connectivity index (χ2n) is 8.24. The predicted octanol–water partition coefficient (Wildman–Crippen LogP) is 2.09. The Morgan fingerprint density at radius 2 is 1.70 bits per heavy atom. The standard InChI is InChI=1S/C22H32N2O6/c1-22(2,3)30-21(27)23-18(20(26)28-4)15-17-7-5-16(6-8-17)9-10-19(25)24-11-13-29-14-12-24/h5-8,18H,9-15H2,1-4H3,(H,23,27)/t18-/m0/s1. The fraction of sp³-hybridized carbons (Fsp3) is 0.591. The fourth-order valence-electron chi connectivity index (χ4n) is 3.09. The van der Waals surface area contributed by atoms with Crippen LogP contribution < -0.4 is 5.32 Å². The van der Waals surface area contributed by atoms with Gasteiger partial charge in [-0.05, 0) is 38.3 Å². The fourth-order valence-corrected chi connectivity index (χ4v) is 3.09. The van der Waals surface area contributed by atoms with Gasteiger partial charge in [-0.25, -0.2) is 9.59 Å². The number of carbonyl (C=O) groups excluding carboxylic acids is 3. The van der Waals surface area contributed by atoms with E-state index in [0.717, 1.165) is 11.1 Å². The quantitative estimate of drug-likeness (QED) is 0.679. The largest absolute Gasteiger partial charge is 0.467 e. The smallest absolute Gasteiger partial charge is 0.408 e. The first kappa shape index (κ1) is 23.7. The number of morpholine rings is 1. The number of esters is 1. The molecule has 1 fully saturated rings. The highest BCUT2D eigenvalue weighted by atomic mass is 16.6. The van der Waals surface area contributed by atoms with Crippen molar-refractivity contribution in [3.05, 3.63) is 35.4 Å². The number of nitrogens with one attached hydrogen (secondary N) is 1. The first-order valence-electron chi connectivity index (χ1n) is 10.2. The summed E-state index contributed by atoms with van der Waals surface area (Å²) in [6.45, 7) is 7.75. The van der Waals surface area contributed by atoms with Gasteiger partial charge in [0, 0.05) is 25.9 Å². The molecule has 1 atom stereocenters. The SMILES string of the molecule is COC(=O)[C@H](Cc1ccc(CCC(=O)N2CCOCC2)cc1)NC(=O)OC(C)(C)C. The van der Waals surface area contributed by atoms with Gasteiger partial charge < -0.3 is 24.4 Å². The van der Waals surface area contributed by atoms with Crippen LogP contribution in [-0.2, 0) is 36.6 Å². The highest BCUT2D eigenvalue weighted by Gasteiger charge is 2.25. The maximum atomic E-state index is 12.3. The zero-order valence-corrected chi connectivity index (χ0v) is 18.2. The molecule has 0 bridgehead atoms. The maximum Gasteiger partial charge on any atom is 0.408 e. The number of carbonyl (C=O) groups is 3. The molecule has 0 spiro atoms. The molecule has 1 heterocycles. The molecule has 1 aromatic rings. The van der Waals surface area contributed by atoms with Crippen LogP contribution in [0.25, 0.3) is 0 Å². The van der Waals surface area contributed by atoms with Gasteiger partial charge in [0.25, 0.3) is 0 Å². The first-order valence-corrected chi connectivity index (χ1v) is 10.2.